The molecule has 0 aliphatic heterocycles. The van der Waals surface area contributed by atoms with E-state index in [0.717, 1.165) is 32.1 Å². The average Bonchev–Trinajstić information content (AvgIpc) is 3.47. The summed E-state index contributed by atoms with van der Waals surface area (Å²) in [6.07, 6.45) is 7.93. The van der Waals surface area contributed by atoms with Crippen molar-refractivity contribution in [2.24, 2.45) is 0 Å². The summed E-state index contributed by atoms with van der Waals surface area (Å²) < 4.78 is 24.4. The van der Waals surface area contributed by atoms with Crippen molar-refractivity contribution in [3.8, 4) is 0 Å². The van der Waals surface area contributed by atoms with Crippen molar-refractivity contribution in [1.82, 2.24) is 5.32 Å². The first-order valence-corrected chi connectivity index (χ1v) is 10.1. The van der Waals surface area contributed by atoms with E-state index in [1.54, 1.807) is 18.2 Å². The number of anilines is 1. The van der Waals surface area contributed by atoms with Crippen LogP contribution in [0.25, 0.3) is 0 Å². The Labute approximate surface area is 173 Å². The molecule has 0 unspecified atom stereocenters. The molecule has 1 saturated carbocycles. The molecule has 2 aromatic heterocycles. The fourth-order valence-electron chi connectivity index (χ4n) is 3.85. The van der Waals surface area contributed by atoms with Gasteiger partial charge in [0, 0.05) is 11.7 Å². The standard InChI is InChI=1S/C23H23FN2O4/c24-16-10-12-18(13-11-16)26(23(28)20-9-5-15-30-20)21(19-8-4-14-29-19)22(27)25-17-6-2-1-3-7-17/h4-5,8-15,17,21H,1-3,6-7H2,(H,25,27)/t21-/m1/s1. The van der Waals surface area contributed by atoms with Gasteiger partial charge in [0.15, 0.2) is 11.8 Å². The zero-order chi connectivity index (χ0) is 20.9. The summed E-state index contributed by atoms with van der Waals surface area (Å²) in [5.41, 5.74) is 0.359. The minimum atomic E-state index is -1.06. The Morgan fingerprint density at radius 3 is 2.30 bits per heavy atom. The molecular formula is C23H23FN2O4. The summed E-state index contributed by atoms with van der Waals surface area (Å²) in [7, 11) is 0. The topological polar surface area (TPSA) is 75.7 Å². The minimum Gasteiger partial charge on any atom is -0.467 e. The lowest BCUT2D eigenvalue weighted by Crippen LogP contribution is -2.47. The predicted octanol–water partition coefficient (Wildman–Crippen LogP) is 4.85. The Hall–Kier alpha value is -3.35. The quantitative estimate of drug-likeness (QED) is 0.630. The van der Waals surface area contributed by atoms with Gasteiger partial charge in [-0.2, -0.15) is 0 Å². The van der Waals surface area contributed by atoms with E-state index in [2.05, 4.69) is 5.32 Å². The molecule has 6 nitrogen and oxygen atoms in total. The lowest BCUT2D eigenvalue weighted by Gasteiger charge is -2.31. The van der Waals surface area contributed by atoms with Crippen LogP contribution in [0.5, 0.6) is 0 Å². The molecule has 1 aliphatic carbocycles. The Morgan fingerprint density at radius 1 is 0.967 bits per heavy atom. The van der Waals surface area contributed by atoms with Gasteiger partial charge >= 0.3 is 0 Å². The molecule has 4 rings (SSSR count). The van der Waals surface area contributed by atoms with Crippen LogP contribution in [0, 0.1) is 5.82 Å². The third-order valence-corrected chi connectivity index (χ3v) is 5.33. The van der Waals surface area contributed by atoms with Crippen LogP contribution in [0.1, 0.15) is 54.5 Å². The van der Waals surface area contributed by atoms with Gasteiger partial charge in [0.05, 0.1) is 12.5 Å². The van der Waals surface area contributed by atoms with Crippen molar-refractivity contribution < 1.29 is 22.8 Å². The van der Waals surface area contributed by atoms with Crippen LogP contribution < -0.4 is 10.2 Å². The van der Waals surface area contributed by atoms with E-state index in [4.69, 9.17) is 8.83 Å². The third-order valence-electron chi connectivity index (χ3n) is 5.33. The fourth-order valence-corrected chi connectivity index (χ4v) is 3.85. The molecule has 156 valence electrons. The molecule has 30 heavy (non-hydrogen) atoms. The summed E-state index contributed by atoms with van der Waals surface area (Å²) in [5, 5.41) is 3.07. The van der Waals surface area contributed by atoms with Crippen molar-refractivity contribution in [3.05, 3.63) is 78.4 Å². The van der Waals surface area contributed by atoms with Crippen LogP contribution in [0.3, 0.4) is 0 Å². The van der Waals surface area contributed by atoms with Crippen LogP contribution >= 0.6 is 0 Å². The number of nitrogens with one attached hydrogen (secondary N) is 1. The second-order valence-corrected chi connectivity index (χ2v) is 7.39. The molecule has 3 aromatic rings. The number of furan rings is 2. The third kappa shape index (κ3) is 4.30. The predicted molar refractivity (Wildman–Crippen MR) is 108 cm³/mol. The van der Waals surface area contributed by atoms with Gasteiger partial charge in [-0.1, -0.05) is 19.3 Å². The van der Waals surface area contributed by atoms with E-state index >= 15 is 0 Å². The molecule has 1 N–H and O–H groups in total. The Morgan fingerprint density at radius 2 is 1.67 bits per heavy atom. The molecule has 1 fully saturated rings. The van der Waals surface area contributed by atoms with Gasteiger partial charge in [-0.3, -0.25) is 14.5 Å². The van der Waals surface area contributed by atoms with E-state index in [1.165, 1.54) is 47.8 Å². The molecule has 2 heterocycles. The molecule has 1 aromatic carbocycles. The molecular weight excluding hydrogens is 387 g/mol. The fraction of sp³-hybridized carbons (Fsp3) is 0.304. The van der Waals surface area contributed by atoms with Crippen molar-refractivity contribution in [1.29, 1.82) is 0 Å². The average molecular weight is 410 g/mol. The first-order chi connectivity index (χ1) is 14.6. The van der Waals surface area contributed by atoms with Crippen LogP contribution in [0.15, 0.2) is 69.9 Å². The first kappa shape index (κ1) is 19.9. The summed E-state index contributed by atoms with van der Waals surface area (Å²) in [5.74, 6) is -0.924. The number of carbonyl (C=O) groups is 2. The van der Waals surface area contributed by atoms with Crippen LogP contribution in [-0.4, -0.2) is 17.9 Å². The summed E-state index contributed by atoms with van der Waals surface area (Å²) in [4.78, 5) is 28.0. The monoisotopic (exact) mass is 410 g/mol. The Bertz CT molecular complexity index is 961. The Kier molecular flexibility index (Phi) is 5.97. The van der Waals surface area contributed by atoms with Crippen molar-refractivity contribution >= 4 is 17.5 Å². The highest BCUT2D eigenvalue weighted by atomic mass is 19.1. The maximum absolute atomic E-state index is 13.5. The van der Waals surface area contributed by atoms with Crippen LogP contribution in [0.2, 0.25) is 0 Å². The smallest absolute Gasteiger partial charge is 0.295 e. The molecule has 0 bridgehead atoms. The highest BCUT2D eigenvalue weighted by Gasteiger charge is 2.37. The first-order valence-electron chi connectivity index (χ1n) is 10.1. The second kappa shape index (κ2) is 8.98. The van der Waals surface area contributed by atoms with Gasteiger partial charge < -0.3 is 14.2 Å². The summed E-state index contributed by atoms with van der Waals surface area (Å²) in [6, 6.07) is 10.8. The van der Waals surface area contributed by atoms with Gasteiger partial charge in [-0.25, -0.2) is 4.39 Å². The van der Waals surface area contributed by atoms with E-state index in [-0.39, 0.29) is 17.7 Å². The largest absolute Gasteiger partial charge is 0.467 e. The summed E-state index contributed by atoms with van der Waals surface area (Å²) in [6.45, 7) is 0. The number of halogens is 1. The van der Waals surface area contributed by atoms with E-state index < -0.39 is 17.8 Å². The number of nitrogens with zero attached hydrogens (tertiary/aromatic N) is 1. The number of rotatable bonds is 6. The SMILES string of the molecule is O=C(NC1CCCCC1)[C@@H](c1ccco1)N(C(=O)c1ccco1)c1ccc(F)cc1. The molecule has 7 heteroatoms. The zero-order valence-electron chi connectivity index (χ0n) is 16.4. The van der Waals surface area contributed by atoms with Crippen molar-refractivity contribution in [3.63, 3.8) is 0 Å². The van der Waals surface area contributed by atoms with Gasteiger partial charge in [0.2, 0.25) is 0 Å². The molecule has 2 amide bonds. The molecule has 0 spiro atoms. The van der Waals surface area contributed by atoms with Crippen molar-refractivity contribution in [2.75, 3.05) is 4.90 Å². The number of hydrogen-bond acceptors (Lipinski definition) is 4. The van der Waals surface area contributed by atoms with E-state index in [0.29, 0.717) is 11.4 Å². The maximum atomic E-state index is 13.5. The maximum Gasteiger partial charge on any atom is 0.295 e. The molecule has 0 saturated heterocycles. The lowest BCUT2D eigenvalue weighted by molar-refractivity contribution is -0.123. The van der Waals surface area contributed by atoms with Gasteiger partial charge in [0.1, 0.15) is 11.6 Å². The zero-order valence-corrected chi connectivity index (χ0v) is 16.4. The van der Waals surface area contributed by atoms with Crippen molar-refractivity contribution in [2.45, 2.75) is 44.2 Å². The van der Waals surface area contributed by atoms with Crippen LogP contribution in [0.4, 0.5) is 10.1 Å². The second-order valence-electron chi connectivity index (χ2n) is 7.39. The minimum absolute atomic E-state index is 0.0532. The van der Waals surface area contributed by atoms with E-state index in [1.807, 2.05) is 0 Å². The Balaban J connectivity index is 1.73. The number of hydrogen-bond donors (Lipinski definition) is 1. The van der Waals surface area contributed by atoms with Gasteiger partial charge in [-0.05, 0) is 61.4 Å². The van der Waals surface area contributed by atoms with E-state index in [9.17, 15) is 14.0 Å². The number of carbonyl (C=O) groups excluding carboxylic acids is 2. The van der Waals surface area contributed by atoms with Gasteiger partial charge in [0.25, 0.3) is 11.8 Å². The van der Waals surface area contributed by atoms with Crippen LogP contribution in [-0.2, 0) is 4.79 Å². The molecule has 0 radical (unpaired) electrons. The highest BCUT2D eigenvalue weighted by molar-refractivity contribution is 6.08. The number of benzene rings is 1. The number of amides is 2. The lowest BCUT2D eigenvalue weighted by atomic mass is 9.95. The summed E-state index contributed by atoms with van der Waals surface area (Å²) >= 11 is 0. The molecule has 1 aliphatic rings. The normalized spacial score (nSPS) is 15.5. The highest BCUT2D eigenvalue weighted by Crippen LogP contribution is 2.31. The van der Waals surface area contributed by atoms with Gasteiger partial charge in [-0.15, -0.1) is 0 Å². The molecule has 1 atom stereocenters.